The van der Waals surface area contributed by atoms with Gasteiger partial charge in [-0.2, -0.15) is 0 Å². The lowest BCUT2D eigenvalue weighted by molar-refractivity contribution is -0.109. The summed E-state index contributed by atoms with van der Waals surface area (Å²) in [7, 11) is 0. The summed E-state index contributed by atoms with van der Waals surface area (Å²) in [5, 5.41) is 13.7. The van der Waals surface area contributed by atoms with Gasteiger partial charge in [0.1, 0.15) is 11.5 Å². The average molecular weight is 390 g/mol. The Hall–Kier alpha value is -3.54. The predicted molar refractivity (Wildman–Crippen MR) is 120 cm³/mol. The number of carbonyl (C=O) groups excluding carboxylic acids is 1. The molecular formula is C23H26N4O2. The van der Waals surface area contributed by atoms with Gasteiger partial charge in [0, 0.05) is 28.7 Å². The molecule has 0 unspecified atom stereocenters. The van der Waals surface area contributed by atoms with E-state index in [0.29, 0.717) is 28.3 Å². The van der Waals surface area contributed by atoms with Gasteiger partial charge >= 0.3 is 0 Å². The van der Waals surface area contributed by atoms with Gasteiger partial charge in [-0.25, -0.2) is 4.99 Å². The van der Waals surface area contributed by atoms with E-state index in [1.165, 1.54) is 6.08 Å². The third-order valence-electron chi connectivity index (χ3n) is 5.61. The number of nitrogens with zero attached hydrogens (tertiary/aromatic N) is 1. The maximum Gasteiger partial charge on any atom is 0.208 e. The quantitative estimate of drug-likeness (QED) is 0.453. The predicted octanol–water partition coefficient (Wildman–Crippen LogP) is 4.57. The third kappa shape index (κ3) is 3.61. The number of allylic oxidation sites excluding steroid dienone is 2. The number of nitrogen functional groups attached to an aromatic ring is 2. The molecule has 0 aromatic heterocycles. The van der Waals surface area contributed by atoms with Gasteiger partial charge in [0.2, 0.25) is 5.78 Å². The molecule has 0 saturated carbocycles. The van der Waals surface area contributed by atoms with Crippen molar-refractivity contribution in [3.05, 3.63) is 69.6 Å². The van der Waals surface area contributed by atoms with Crippen molar-refractivity contribution >= 4 is 34.2 Å². The summed E-state index contributed by atoms with van der Waals surface area (Å²) in [5.74, 6) is -0.463. The maximum absolute atomic E-state index is 12.6. The number of hydrogen-bond acceptors (Lipinski definition) is 6. The Balaban J connectivity index is 2.09. The molecule has 3 rings (SSSR count). The van der Waals surface area contributed by atoms with Crippen LogP contribution in [-0.2, 0) is 4.79 Å². The summed E-state index contributed by atoms with van der Waals surface area (Å²) >= 11 is 0. The Morgan fingerprint density at radius 1 is 0.862 bits per heavy atom. The Labute approximate surface area is 170 Å². The van der Waals surface area contributed by atoms with Crippen molar-refractivity contribution in [3.63, 3.8) is 0 Å². The van der Waals surface area contributed by atoms with E-state index in [1.54, 1.807) is 19.1 Å². The van der Waals surface area contributed by atoms with E-state index in [1.807, 2.05) is 39.8 Å². The standard InChI is InChI=1S/C23H26N4O2/c1-11-13(3)18(8-6-16(11)24)26-22-15(5)23(21(29)10-20(22)28)27-19-9-7-17(25)12(2)14(19)4/h6-10,26,28H,24-25H2,1-5H3. The molecule has 0 bridgehead atoms. The van der Waals surface area contributed by atoms with Gasteiger partial charge in [-0.05, 0) is 81.1 Å². The minimum atomic E-state index is -0.343. The fourth-order valence-electron chi connectivity index (χ4n) is 3.24. The van der Waals surface area contributed by atoms with Crippen molar-refractivity contribution in [2.24, 2.45) is 4.99 Å². The smallest absolute Gasteiger partial charge is 0.208 e. The van der Waals surface area contributed by atoms with E-state index < -0.39 is 0 Å². The van der Waals surface area contributed by atoms with Crippen LogP contribution >= 0.6 is 0 Å². The number of nitrogens with one attached hydrogen (secondary N) is 1. The number of ketones is 1. The molecule has 0 saturated heterocycles. The molecule has 1 aliphatic carbocycles. The Morgan fingerprint density at radius 3 is 2.10 bits per heavy atom. The van der Waals surface area contributed by atoms with E-state index >= 15 is 0 Å². The summed E-state index contributed by atoms with van der Waals surface area (Å²) in [6, 6.07) is 7.24. The SMILES string of the molecule is CC1=C(Nc2ccc(N)c(C)c2C)C(O)=CC(=O)C1=Nc1ccc(N)c(C)c1C. The molecule has 0 amide bonds. The second-order valence-electron chi connectivity index (χ2n) is 7.36. The van der Waals surface area contributed by atoms with E-state index in [-0.39, 0.29) is 17.3 Å². The zero-order valence-electron chi connectivity index (χ0n) is 17.3. The summed E-state index contributed by atoms with van der Waals surface area (Å²) < 4.78 is 0. The minimum absolute atomic E-state index is 0.120. The molecule has 1 aliphatic rings. The lowest BCUT2D eigenvalue weighted by atomic mass is 9.97. The molecule has 150 valence electrons. The summed E-state index contributed by atoms with van der Waals surface area (Å²) in [6.45, 7) is 9.50. The van der Waals surface area contributed by atoms with Crippen LogP contribution in [0.3, 0.4) is 0 Å². The molecule has 0 fully saturated rings. The van der Waals surface area contributed by atoms with Crippen molar-refractivity contribution in [2.45, 2.75) is 34.6 Å². The number of aliphatic imine (C=N–C) groups is 1. The number of rotatable bonds is 3. The Morgan fingerprint density at radius 2 is 1.45 bits per heavy atom. The van der Waals surface area contributed by atoms with Crippen LogP contribution in [-0.4, -0.2) is 16.6 Å². The first-order chi connectivity index (χ1) is 13.6. The Kier molecular flexibility index (Phi) is 5.20. The fourth-order valence-corrected chi connectivity index (χ4v) is 3.24. The topological polar surface area (TPSA) is 114 Å². The molecule has 2 aromatic rings. The highest BCUT2D eigenvalue weighted by atomic mass is 16.3. The van der Waals surface area contributed by atoms with Crippen LogP contribution < -0.4 is 16.8 Å². The van der Waals surface area contributed by atoms with E-state index in [2.05, 4.69) is 10.3 Å². The molecule has 6 heteroatoms. The molecule has 0 radical (unpaired) electrons. The van der Waals surface area contributed by atoms with E-state index in [4.69, 9.17) is 11.5 Å². The molecule has 2 aromatic carbocycles. The van der Waals surface area contributed by atoms with Crippen LogP contribution in [0, 0.1) is 27.7 Å². The number of benzene rings is 2. The second kappa shape index (κ2) is 7.47. The molecule has 0 aliphatic heterocycles. The third-order valence-corrected chi connectivity index (χ3v) is 5.61. The van der Waals surface area contributed by atoms with Crippen molar-refractivity contribution in [3.8, 4) is 0 Å². The highest BCUT2D eigenvalue weighted by Crippen LogP contribution is 2.31. The van der Waals surface area contributed by atoms with Crippen LogP contribution in [0.4, 0.5) is 22.7 Å². The van der Waals surface area contributed by atoms with Gasteiger partial charge in [-0.1, -0.05) is 0 Å². The lowest BCUT2D eigenvalue weighted by Gasteiger charge is -2.21. The molecule has 6 nitrogen and oxygen atoms in total. The van der Waals surface area contributed by atoms with Gasteiger partial charge in [-0.3, -0.25) is 4.79 Å². The van der Waals surface area contributed by atoms with Crippen LogP contribution in [0.1, 0.15) is 29.2 Å². The van der Waals surface area contributed by atoms with Crippen molar-refractivity contribution in [1.29, 1.82) is 0 Å². The van der Waals surface area contributed by atoms with Gasteiger partial charge in [-0.15, -0.1) is 0 Å². The minimum Gasteiger partial charge on any atom is -0.506 e. The van der Waals surface area contributed by atoms with Gasteiger partial charge in [0.25, 0.3) is 0 Å². The van der Waals surface area contributed by atoms with Crippen LogP contribution in [0.15, 0.2) is 52.4 Å². The molecule has 6 N–H and O–H groups in total. The molecule has 29 heavy (non-hydrogen) atoms. The number of aliphatic hydroxyl groups is 1. The number of hydrogen-bond donors (Lipinski definition) is 4. The van der Waals surface area contributed by atoms with Gasteiger partial charge in [0.15, 0.2) is 0 Å². The fraction of sp³-hybridized carbons (Fsp3) is 0.217. The highest BCUT2D eigenvalue weighted by Gasteiger charge is 2.25. The van der Waals surface area contributed by atoms with Crippen molar-refractivity contribution in [1.82, 2.24) is 0 Å². The highest BCUT2D eigenvalue weighted by molar-refractivity contribution is 6.51. The number of anilines is 3. The van der Waals surface area contributed by atoms with Gasteiger partial charge < -0.3 is 21.9 Å². The molecule has 0 spiro atoms. The average Bonchev–Trinajstić information content (AvgIpc) is 2.67. The van der Waals surface area contributed by atoms with E-state index in [0.717, 1.165) is 27.9 Å². The normalized spacial score (nSPS) is 15.7. The monoisotopic (exact) mass is 390 g/mol. The molecule has 0 heterocycles. The van der Waals surface area contributed by atoms with Crippen LogP contribution in [0.5, 0.6) is 0 Å². The first-order valence-electron chi connectivity index (χ1n) is 9.35. The zero-order valence-corrected chi connectivity index (χ0v) is 17.3. The first kappa shape index (κ1) is 20.2. The van der Waals surface area contributed by atoms with Crippen LogP contribution in [0.25, 0.3) is 0 Å². The number of nitrogens with two attached hydrogens (primary N) is 2. The van der Waals surface area contributed by atoms with Crippen molar-refractivity contribution in [2.75, 3.05) is 16.8 Å². The lowest BCUT2D eigenvalue weighted by Crippen LogP contribution is -2.23. The van der Waals surface area contributed by atoms with Crippen LogP contribution in [0.2, 0.25) is 0 Å². The number of carbonyl (C=O) groups is 1. The Bertz CT molecular complexity index is 1120. The zero-order chi connectivity index (χ0) is 21.5. The number of aliphatic hydroxyl groups excluding tert-OH is 1. The van der Waals surface area contributed by atoms with Gasteiger partial charge in [0.05, 0.1) is 11.4 Å². The second-order valence-corrected chi connectivity index (χ2v) is 7.36. The summed E-state index contributed by atoms with van der Waals surface area (Å²) in [4.78, 5) is 17.2. The van der Waals surface area contributed by atoms with E-state index in [9.17, 15) is 9.90 Å². The maximum atomic E-state index is 12.6. The van der Waals surface area contributed by atoms with Crippen molar-refractivity contribution < 1.29 is 9.90 Å². The molecular weight excluding hydrogens is 364 g/mol. The summed E-state index contributed by atoms with van der Waals surface area (Å²) in [6.07, 6.45) is 1.19. The summed E-state index contributed by atoms with van der Waals surface area (Å²) in [5.41, 5.74) is 19.9. The first-order valence-corrected chi connectivity index (χ1v) is 9.35. The molecule has 0 atom stereocenters. The largest absolute Gasteiger partial charge is 0.506 e.